The van der Waals surface area contributed by atoms with Crippen LogP contribution in [-0.2, 0) is 10.0 Å². The Morgan fingerprint density at radius 1 is 1.32 bits per heavy atom. The maximum atomic E-state index is 12.3. The molecular weight excluding hydrogens is 268 g/mol. The van der Waals surface area contributed by atoms with E-state index in [2.05, 4.69) is 0 Å². The van der Waals surface area contributed by atoms with Crippen molar-refractivity contribution in [2.45, 2.75) is 18.7 Å². The number of ether oxygens (including phenoxy) is 1. The lowest BCUT2D eigenvalue weighted by Crippen LogP contribution is -2.30. The Morgan fingerprint density at radius 3 is 2.32 bits per heavy atom. The number of hydrogen-bond acceptors (Lipinski definition) is 4. The third-order valence-corrected chi connectivity index (χ3v) is 4.83. The standard InChI is InChI=1S/C12H18N2O4S/c1-4-14(5-2)19(16,17)9-6-7-11(18-3)10(8-9)12(13)15/h6-8H,4-5H2,1-3H3,(H2,13,15). The molecule has 0 spiro atoms. The highest BCUT2D eigenvalue weighted by Gasteiger charge is 2.23. The number of nitrogens with zero attached hydrogens (tertiary/aromatic N) is 1. The predicted molar refractivity (Wildman–Crippen MR) is 71.6 cm³/mol. The van der Waals surface area contributed by atoms with Crippen LogP contribution in [0.5, 0.6) is 5.75 Å². The van der Waals surface area contributed by atoms with Gasteiger partial charge in [0.05, 0.1) is 17.6 Å². The molecule has 0 aliphatic heterocycles. The van der Waals surface area contributed by atoms with E-state index in [1.807, 2.05) is 0 Å². The molecule has 106 valence electrons. The van der Waals surface area contributed by atoms with Crippen LogP contribution in [-0.4, -0.2) is 38.8 Å². The first-order valence-corrected chi connectivity index (χ1v) is 7.30. The average molecular weight is 286 g/mol. The second-order valence-electron chi connectivity index (χ2n) is 3.82. The van der Waals surface area contributed by atoms with Crippen LogP contribution < -0.4 is 10.5 Å². The van der Waals surface area contributed by atoms with Gasteiger partial charge in [0.2, 0.25) is 10.0 Å². The van der Waals surface area contributed by atoms with Gasteiger partial charge in [0, 0.05) is 13.1 Å². The molecule has 0 bridgehead atoms. The van der Waals surface area contributed by atoms with Crippen LogP contribution in [0.4, 0.5) is 0 Å². The van der Waals surface area contributed by atoms with E-state index < -0.39 is 15.9 Å². The summed E-state index contributed by atoms with van der Waals surface area (Å²) in [6.45, 7) is 4.21. The van der Waals surface area contributed by atoms with Crippen molar-refractivity contribution in [2.75, 3.05) is 20.2 Å². The van der Waals surface area contributed by atoms with Gasteiger partial charge in [-0.05, 0) is 18.2 Å². The summed E-state index contributed by atoms with van der Waals surface area (Å²) >= 11 is 0. The maximum Gasteiger partial charge on any atom is 0.252 e. The summed E-state index contributed by atoms with van der Waals surface area (Å²) in [6, 6.07) is 4.07. The second-order valence-corrected chi connectivity index (χ2v) is 5.75. The highest BCUT2D eigenvalue weighted by atomic mass is 32.2. The number of amides is 1. The maximum absolute atomic E-state index is 12.3. The molecular formula is C12H18N2O4S. The topological polar surface area (TPSA) is 89.7 Å². The van der Waals surface area contributed by atoms with E-state index >= 15 is 0 Å². The second kappa shape index (κ2) is 6.03. The molecule has 6 nitrogen and oxygen atoms in total. The molecule has 0 heterocycles. The number of rotatable bonds is 6. The summed E-state index contributed by atoms with van der Waals surface area (Å²) in [6.07, 6.45) is 0. The summed E-state index contributed by atoms with van der Waals surface area (Å²) in [7, 11) is -2.22. The van der Waals surface area contributed by atoms with Gasteiger partial charge in [-0.2, -0.15) is 4.31 Å². The predicted octanol–water partition coefficient (Wildman–Crippen LogP) is 0.825. The van der Waals surface area contributed by atoms with Crippen molar-refractivity contribution in [1.82, 2.24) is 4.31 Å². The quantitative estimate of drug-likeness (QED) is 0.838. The van der Waals surface area contributed by atoms with E-state index in [0.717, 1.165) is 0 Å². The van der Waals surface area contributed by atoms with Crippen molar-refractivity contribution in [3.05, 3.63) is 23.8 Å². The number of benzene rings is 1. The monoisotopic (exact) mass is 286 g/mol. The summed E-state index contributed by atoms with van der Waals surface area (Å²) in [4.78, 5) is 11.3. The fourth-order valence-electron chi connectivity index (χ4n) is 1.75. The third kappa shape index (κ3) is 3.05. The largest absolute Gasteiger partial charge is 0.496 e. The lowest BCUT2D eigenvalue weighted by Gasteiger charge is -2.19. The van der Waals surface area contributed by atoms with Crippen molar-refractivity contribution in [3.63, 3.8) is 0 Å². The van der Waals surface area contributed by atoms with Crippen molar-refractivity contribution >= 4 is 15.9 Å². The molecule has 7 heteroatoms. The molecule has 0 aliphatic carbocycles. The summed E-state index contributed by atoms with van der Waals surface area (Å²) in [5.74, 6) is -0.473. The average Bonchev–Trinajstić information content (AvgIpc) is 2.38. The van der Waals surface area contributed by atoms with Gasteiger partial charge in [-0.25, -0.2) is 8.42 Å². The number of nitrogens with two attached hydrogens (primary N) is 1. The smallest absolute Gasteiger partial charge is 0.252 e. The van der Waals surface area contributed by atoms with E-state index in [9.17, 15) is 13.2 Å². The van der Waals surface area contributed by atoms with Crippen LogP contribution in [0.15, 0.2) is 23.1 Å². The molecule has 19 heavy (non-hydrogen) atoms. The van der Waals surface area contributed by atoms with E-state index in [1.165, 1.54) is 29.6 Å². The normalized spacial score (nSPS) is 11.6. The molecule has 0 fully saturated rings. The van der Waals surface area contributed by atoms with Crippen molar-refractivity contribution < 1.29 is 17.9 Å². The number of hydrogen-bond donors (Lipinski definition) is 1. The van der Waals surface area contributed by atoms with E-state index in [4.69, 9.17) is 10.5 Å². The Morgan fingerprint density at radius 2 is 1.89 bits per heavy atom. The number of sulfonamides is 1. The number of carbonyl (C=O) groups is 1. The first kappa shape index (κ1) is 15.5. The lowest BCUT2D eigenvalue weighted by molar-refractivity contribution is 0.0997. The van der Waals surface area contributed by atoms with Gasteiger partial charge in [0.25, 0.3) is 5.91 Å². The highest BCUT2D eigenvalue weighted by molar-refractivity contribution is 7.89. The zero-order chi connectivity index (χ0) is 14.6. The molecule has 0 radical (unpaired) electrons. The van der Waals surface area contributed by atoms with Crippen LogP contribution in [0.25, 0.3) is 0 Å². The Balaban J connectivity index is 3.37. The molecule has 1 rings (SSSR count). The Bertz CT molecular complexity index is 565. The number of methoxy groups -OCH3 is 1. The highest BCUT2D eigenvalue weighted by Crippen LogP contribution is 2.24. The van der Waals surface area contributed by atoms with Crippen LogP contribution in [0.3, 0.4) is 0 Å². The first-order valence-electron chi connectivity index (χ1n) is 5.86. The molecule has 2 N–H and O–H groups in total. The number of carbonyl (C=O) groups excluding carboxylic acids is 1. The van der Waals surface area contributed by atoms with Gasteiger partial charge in [0.1, 0.15) is 5.75 Å². The number of primary amides is 1. The van der Waals surface area contributed by atoms with E-state index in [1.54, 1.807) is 13.8 Å². The van der Waals surface area contributed by atoms with Gasteiger partial charge in [0.15, 0.2) is 0 Å². The van der Waals surface area contributed by atoms with Gasteiger partial charge in [-0.15, -0.1) is 0 Å². The fraction of sp³-hybridized carbons (Fsp3) is 0.417. The van der Waals surface area contributed by atoms with E-state index in [-0.39, 0.29) is 16.2 Å². The van der Waals surface area contributed by atoms with E-state index in [0.29, 0.717) is 13.1 Å². The minimum atomic E-state index is -3.61. The lowest BCUT2D eigenvalue weighted by atomic mass is 10.2. The summed E-state index contributed by atoms with van der Waals surface area (Å²) < 4.78 is 30.9. The van der Waals surface area contributed by atoms with Crippen LogP contribution in [0, 0.1) is 0 Å². The minimum absolute atomic E-state index is 0.0331. The van der Waals surface area contributed by atoms with Crippen molar-refractivity contribution in [1.29, 1.82) is 0 Å². The molecule has 0 aromatic heterocycles. The van der Waals surface area contributed by atoms with Gasteiger partial charge in [-0.1, -0.05) is 13.8 Å². The Labute approximate surface area is 113 Å². The SMILES string of the molecule is CCN(CC)S(=O)(=O)c1ccc(OC)c(C(N)=O)c1. The molecule has 0 unspecified atom stereocenters. The zero-order valence-electron chi connectivity index (χ0n) is 11.2. The molecule has 0 atom stereocenters. The van der Waals surface area contributed by atoms with Gasteiger partial charge < -0.3 is 10.5 Å². The molecule has 0 aliphatic rings. The molecule has 0 saturated carbocycles. The molecule has 0 saturated heterocycles. The molecule has 1 aromatic carbocycles. The first-order chi connectivity index (χ1) is 8.88. The third-order valence-electron chi connectivity index (χ3n) is 2.78. The summed E-state index contributed by atoms with van der Waals surface area (Å²) in [5, 5.41) is 0. The minimum Gasteiger partial charge on any atom is -0.496 e. The van der Waals surface area contributed by atoms with Crippen LogP contribution in [0.1, 0.15) is 24.2 Å². The summed E-state index contributed by atoms with van der Waals surface area (Å²) in [5.41, 5.74) is 5.27. The Kier molecular flexibility index (Phi) is 4.90. The van der Waals surface area contributed by atoms with Crippen LogP contribution in [0.2, 0.25) is 0 Å². The van der Waals surface area contributed by atoms with Crippen LogP contribution >= 0.6 is 0 Å². The fourth-order valence-corrected chi connectivity index (χ4v) is 3.24. The van der Waals surface area contributed by atoms with Gasteiger partial charge in [-0.3, -0.25) is 4.79 Å². The molecule has 1 aromatic rings. The van der Waals surface area contributed by atoms with Gasteiger partial charge >= 0.3 is 0 Å². The molecule has 1 amide bonds. The van der Waals surface area contributed by atoms with Crippen molar-refractivity contribution in [3.8, 4) is 5.75 Å². The zero-order valence-corrected chi connectivity index (χ0v) is 12.0. The van der Waals surface area contributed by atoms with Crippen molar-refractivity contribution in [2.24, 2.45) is 5.73 Å². The Hall–Kier alpha value is -1.60.